The third kappa shape index (κ3) is 2.60. The lowest BCUT2D eigenvalue weighted by Crippen LogP contribution is -2.32. The zero-order valence-corrected chi connectivity index (χ0v) is 10.0. The summed E-state index contributed by atoms with van der Waals surface area (Å²) in [4.78, 5) is 1.55. The number of thiophene rings is 1. The third-order valence-corrected chi connectivity index (χ3v) is 4.10. The molecule has 0 bridgehead atoms. The summed E-state index contributed by atoms with van der Waals surface area (Å²) in [5.74, 6) is 0. The Labute approximate surface area is 95.3 Å². The topological polar surface area (TPSA) is 32.3 Å². The van der Waals surface area contributed by atoms with Crippen molar-refractivity contribution >= 4 is 11.3 Å². The molecule has 0 saturated carbocycles. The Morgan fingerprint density at radius 3 is 3.33 bits per heavy atom. The van der Waals surface area contributed by atoms with Crippen molar-refractivity contribution in [3.63, 3.8) is 0 Å². The van der Waals surface area contributed by atoms with Gasteiger partial charge in [0.15, 0.2) is 0 Å². The monoisotopic (exact) mass is 225 g/mol. The second-order valence-corrected chi connectivity index (χ2v) is 5.32. The first kappa shape index (κ1) is 11.1. The van der Waals surface area contributed by atoms with E-state index in [-0.39, 0.29) is 6.61 Å². The zero-order valence-electron chi connectivity index (χ0n) is 9.20. The van der Waals surface area contributed by atoms with E-state index in [4.69, 9.17) is 5.11 Å². The van der Waals surface area contributed by atoms with Crippen LogP contribution >= 0.6 is 11.3 Å². The first-order chi connectivity index (χ1) is 7.31. The molecule has 0 spiro atoms. The van der Waals surface area contributed by atoms with Gasteiger partial charge in [0.2, 0.25) is 0 Å². The lowest BCUT2D eigenvalue weighted by molar-refractivity contribution is 0.260. The van der Waals surface area contributed by atoms with Crippen molar-refractivity contribution in [2.75, 3.05) is 6.61 Å². The minimum absolute atomic E-state index is 0.275. The highest BCUT2D eigenvalue weighted by molar-refractivity contribution is 7.10. The van der Waals surface area contributed by atoms with E-state index in [0.29, 0.717) is 12.1 Å². The number of aryl methyl sites for hydroxylation is 1. The maximum Gasteiger partial charge on any atom is 0.0445 e. The Bertz CT molecular complexity index is 310. The van der Waals surface area contributed by atoms with Crippen LogP contribution in [0.4, 0.5) is 0 Å². The summed E-state index contributed by atoms with van der Waals surface area (Å²) >= 11 is 1.88. The van der Waals surface area contributed by atoms with Gasteiger partial charge in [-0.2, -0.15) is 0 Å². The van der Waals surface area contributed by atoms with Crippen LogP contribution in [0.15, 0.2) is 11.4 Å². The molecule has 0 aliphatic heterocycles. The fourth-order valence-corrected chi connectivity index (χ4v) is 3.27. The van der Waals surface area contributed by atoms with Crippen molar-refractivity contribution in [1.82, 2.24) is 5.32 Å². The highest BCUT2D eigenvalue weighted by atomic mass is 32.1. The minimum Gasteiger partial charge on any atom is -0.396 e. The van der Waals surface area contributed by atoms with Gasteiger partial charge >= 0.3 is 0 Å². The SMILES string of the molecule is CC(CCO)NC1CCCc2sccc21. The molecule has 1 aliphatic carbocycles. The molecule has 0 fully saturated rings. The first-order valence-electron chi connectivity index (χ1n) is 5.74. The fraction of sp³-hybridized carbons (Fsp3) is 0.667. The van der Waals surface area contributed by atoms with E-state index in [0.717, 1.165) is 6.42 Å². The van der Waals surface area contributed by atoms with Crippen LogP contribution in [0.2, 0.25) is 0 Å². The Balaban J connectivity index is 2.00. The Kier molecular flexibility index (Phi) is 3.78. The van der Waals surface area contributed by atoms with Gasteiger partial charge in [0.1, 0.15) is 0 Å². The average Bonchev–Trinajstić information content (AvgIpc) is 2.67. The molecule has 2 unspecified atom stereocenters. The second kappa shape index (κ2) is 5.10. The number of hydrogen-bond donors (Lipinski definition) is 2. The quantitative estimate of drug-likeness (QED) is 0.825. The predicted octanol–water partition coefficient (Wildman–Crippen LogP) is 2.49. The molecule has 3 heteroatoms. The Hall–Kier alpha value is -0.380. The van der Waals surface area contributed by atoms with Gasteiger partial charge in [0.25, 0.3) is 0 Å². The summed E-state index contributed by atoms with van der Waals surface area (Å²) in [5, 5.41) is 14.7. The molecular weight excluding hydrogens is 206 g/mol. The van der Waals surface area contributed by atoms with Crippen LogP contribution in [-0.4, -0.2) is 17.8 Å². The van der Waals surface area contributed by atoms with Gasteiger partial charge in [-0.05, 0) is 49.6 Å². The number of fused-ring (bicyclic) bond motifs is 1. The number of rotatable bonds is 4. The van der Waals surface area contributed by atoms with Crippen molar-refractivity contribution in [3.05, 3.63) is 21.9 Å². The van der Waals surface area contributed by atoms with Crippen molar-refractivity contribution < 1.29 is 5.11 Å². The number of nitrogens with one attached hydrogen (secondary N) is 1. The van der Waals surface area contributed by atoms with Gasteiger partial charge < -0.3 is 10.4 Å². The molecule has 0 saturated heterocycles. The molecule has 2 nitrogen and oxygen atoms in total. The van der Waals surface area contributed by atoms with E-state index in [1.54, 1.807) is 4.88 Å². The lowest BCUT2D eigenvalue weighted by Gasteiger charge is -2.27. The summed E-state index contributed by atoms with van der Waals surface area (Å²) in [5.41, 5.74) is 1.50. The molecule has 2 rings (SSSR count). The fourth-order valence-electron chi connectivity index (χ4n) is 2.28. The van der Waals surface area contributed by atoms with Gasteiger partial charge in [0.05, 0.1) is 0 Å². The lowest BCUT2D eigenvalue weighted by atomic mass is 9.93. The Morgan fingerprint density at radius 1 is 1.67 bits per heavy atom. The molecule has 1 heterocycles. The molecule has 1 aliphatic rings. The van der Waals surface area contributed by atoms with Gasteiger partial charge in [-0.15, -0.1) is 11.3 Å². The van der Waals surface area contributed by atoms with E-state index in [1.165, 1.54) is 24.8 Å². The molecular formula is C12H19NOS. The summed E-state index contributed by atoms with van der Waals surface area (Å²) in [7, 11) is 0. The van der Waals surface area contributed by atoms with E-state index in [2.05, 4.69) is 23.7 Å². The Morgan fingerprint density at radius 2 is 2.53 bits per heavy atom. The van der Waals surface area contributed by atoms with E-state index in [9.17, 15) is 0 Å². The van der Waals surface area contributed by atoms with Gasteiger partial charge in [-0.1, -0.05) is 0 Å². The summed E-state index contributed by atoms with van der Waals surface area (Å²) in [6.45, 7) is 2.42. The standard InChI is InChI=1S/C12H19NOS/c1-9(5-7-14)13-11-3-2-4-12-10(11)6-8-15-12/h6,8-9,11,13-14H,2-5,7H2,1H3. The smallest absolute Gasteiger partial charge is 0.0445 e. The molecule has 15 heavy (non-hydrogen) atoms. The van der Waals surface area contributed by atoms with Gasteiger partial charge in [-0.25, -0.2) is 0 Å². The minimum atomic E-state index is 0.275. The summed E-state index contributed by atoms with van der Waals surface area (Å²) in [6, 6.07) is 3.18. The van der Waals surface area contributed by atoms with E-state index >= 15 is 0 Å². The van der Waals surface area contributed by atoms with Crippen molar-refractivity contribution in [1.29, 1.82) is 0 Å². The zero-order chi connectivity index (χ0) is 10.7. The van der Waals surface area contributed by atoms with E-state index in [1.807, 2.05) is 11.3 Å². The number of aliphatic hydroxyl groups excluding tert-OH is 1. The molecule has 1 aromatic heterocycles. The van der Waals surface area contributed by atoms with Crippen molar-refractivity contribution in [3.8, 4) is 0 Å². The van der Waals surface area contributed by atoms with Crippen LogP contribution in [0.3, 0.4) is 0 Å². The normalized spacial score (nSPS) is 22.4. The highest BCUT2D eigenvalue weighted by Gasteiger charge is 2.21. The van der Waals surface area contributed by atoms with Gasteiger partial charge in [-0.3, -0.25) is 0 Å². The van der Waals surface area contributed by atoms with Crippen molar-refractivity contribution in [2.24, 2.45) is 0 Å². The summed E-state index contributed by atoms with van der Waals surface area (Å²) < 4.78 is 0. The van der Waals surface area contributed by atoms with Crippen molar-refractivity contribution in [2.45, 2.75) is 44.7 Å². The maximum absolute atomic E-state index is 8.88. The largest absolute Gasteiger partial charge is 0.396 e. The maximum atomic E-state index is 8.88. The molecule has 0 amide bonds. The van der Waals surface area contributed by atoms with Crippen LogP contribution in [-0.2, 0) is 6.42 Å². The number of aliphatic hydroxyl groups is 1. The molecule has 2 atom stereocenters. The first-order valence-corrected chi connectivity index (χ1v) is 6.62. The third-order valence-electron chi connectivity index (χ3n) is 3.10. The molecule has 84 valence electrons. The second-order valence-electron chi connectivity index (χ2n) is 4.32. The highest BCUT2D eigenvalue weighted by Crippen LogP contribution is 2.33. The predicted molar refractivity (Wildman–Crippen MR) is 64.3 cm³/mol. The molecule has 0 radical (unpaired) electrons. The van der Waals surface area contributed by atoms with Crippen LogP contribution in [0, 0.1) is 0 Å². The van der Waals surface area contributed by atoms with E-state index < -0.39 is 0 Å². The average molecular weight is 225 g/mol. The van der Waals surface area contributed by atoms with Crippen LogP contribution in [0.5, 0.6) is 0 Å². The van der Waals surface area contributed by atoms with Gasteiger partial charge in [0, 0.05) is 23.6 Å². The molecule has 0 aromatic carbocycles. The molecule has 1 aromatic rings. The van der Waals surface area contributed by atoms with Crippen LogP contribution in [0.1, 0.15) is 42.7 Å². The molecule has 2 N–H and O–H groups in total. The number of hydrogen-bond acceptors (Lipinski definition) is 3. The van der Waals surface area contributed by atoms with Crippen LogP contribution < -0.4 is 5.32 Å². The van der Waals surface area contributed by atoms with Crippen LogP contribution in [0.25, 0.3) is 0 Å². The summed E-state index contributed by atoms with van der Waals surface area (Å²) in [6.07, 6.45) is 4.62.